The molecule has 8 nitrogen and oxygen atoms in total. The van der Waals surface area contributed by atoms with Gasteiger partial charge in [0.1, 0.15) is 11.2 Å². The Kier molecular flexibility index (Phi) is 7.28. The molecule has 0 aliphatic carbocycles. The molecule has 1 heterocycles. The average molecular weight is 473 g/mol. The van der Waals surface area contributed by atoms with Gasteiger partial charge in [0.2, 0.25) is 5.24 Å². The van der Waals surface area contributed by atoms with Crippen LogP contribution in [0.1, 0.15) is 63.9 Å². The largest absolute Gasteiger partial charge is 0.443 e. The number of rotatable bonds is 4. The van der Waals surface area contributed by atoms with Gasteiger partial charge >= 0.3 is 12.2 Å². The summed E-state index contributed by atoms with van der Waals surface area (Å²) < 4.78 is 10.8. The number of hydrogen-bond acceptors (Lipinski definition) is 6. The average Bonchev–Trinajstić information content (AvgIpc) is 2.90. The Hall–Kier alpha value is -2.32. The number of carbonyl (C=O) groups is 4. The third kappa shape index (κ3) is 6.33. The van der Waals surface area contributed by atoms with E-state index in [4.69, 9.17) is 32.7 Å². The zero-order chi connectivity index (χ0) is 23.7. The fraction of sp³-hybridized carbons (Fsp3) is 0.524. The van der Waals surface area contributed by atoms with E-state index in [9.17, 15) is 19.2 Å². The molecule has 0 N–H and O–H groups in total. The number of amides is 3. The third-order valence-electron chi connectivity index (χ3n) is 4.06. The van der Waals surface area contributed by atoms with E-state index in [0.29, 0.717) is 15.5 Å². The van der Waals surface area contributed by atoms with Gasteiger partial charge in [0.25, 0.3) is 5.91 Å². The van der Waals surface area contributed by atoms with E-state index >= 15 is 0 Å². The molecule has 0 bridgehead atoms. The summed E-state index contributed by atoms with van der Waals surface area (Å²) in [6.45, 7) is 10.1. The van der Waals surface area contributed by atoms with Crippen LogP contribution in [0.3, 0.4) is 0 Å². The van der Waals surface area contributed by atoms with E-state index in [1.807, 2.05) is 0 Å². The molecule has 1 aliphatic rings. The summed E-state index contributed by atoms with van der Waals surface area (Å²) in [4.78, 5) is 52.2. The molecule has 1 aliphatic heterocycles. The Labute approximate surface area is 191 Å². The van der Waals surface area contributed by atoms with Gasteiger partial charge in [-0.25, -0.2) is 9.59 Å². The Bertz CT molecular complexity index is 890. The van der Waals surface area contributed by atoms with Crippen molar-refractivity contribution in [3.05, 3.63) is 28.3 Å². The highest BCUT2D eigenvalue weighted by molar-refractivity contribution is 6.63. The molecular formula is C21H26Cl2N2O6. The molecule has 31 heavy (non-hydrogen) atoms. The zero-order valence-electron chi connectivity index (χ0n) is 18.4. The van der Waals surface area contributed by atoms with E-state index in [-0.39, 0.29) is 30.8 Å². The van der Waals surface area contributed by atoms with Gasteiger partial charge in [-0.1, -0.05) is 11.6 Å². The van der Waals surface area contributed by atoms with Crippen molar-refractivity contribution >= 4 is 52.2 Å². The molecule has 0 spiro atoms. The topological polar surface area (TPSA) is 93.2 Å². The minimum absolute atomic E-state index is 0.00685. The molecule has 0 fully saturated rings. The number of fused-ring (bicyclic) bond motifs is 1. The van der Waals surface area contributed by atoms with Crippen LogP contribution in [0.15, 0.2) is 12.1 Å². The normalized spacial score (nSPS) is 13.7. The van der Waals surface area contributed by atoms with Crippen molar-refractivity contribution in [2.24, 2.45) is 0 Å². The van der Waals surface area contributed by atoms with Crippen LogP contribution >= 0.6 is 23.2 Å². The van der Waals surface area contributed by atoms with Crippen molar-refractivity contribution in [1.29, 1.82) is 0 Å². The smallest absolute Gasteiger partial charge is 0.424 e. The summed E-state index contributed by atoms with van der Waals surface area (Å²) >= 11 is 11.7. The molecule has 0 saturated heterocycles. The molecule has 0 unspecified atom stereocenters. The van der Waals surface area contributed by atoms with Crippen molar-refractivity contribution in [3.8, 4) is 0 Å². The molecule has 0 saturated carbocycles. The van der Waals surface area contributed by atoms with Gasteiger partial charge in [-0.3, -0.25) is 9.59 Å². The monoisotopic (exact) mass is 472 g/mol. The van der Waals surface area contributed by atoms with Crippen molar-refractivity contribution in [3.63, 3.8) is 0 Å². The lowest BCUT2D eigenvalue weighted by Gasteiger charge is -2.29. The van der Waals surface area contributed by atoms with Crippen LogP contribution in [-0.2, 0) is 20.8 Å². The molecule has 1 aromatic carbocycles. The van der Waals surface area contributed by atoms with Crippen LogP contribution in [0.5, 0.6) is 0 Å². The summed E-state index contributed by atoms with van der Waals surface area (Å²) in [5, 5.41) is -0.292. The van der Waals surface area contributed by atoms with Gasteiger partial charge in [-0.15, -0.1) is 0 Å². The first-order valence-corrected chi connectivity index (χ1v) is 10.4. The van der Waals surface area contributed by atoms with Gasteiger partial charge < -0.3 is 14.4 Å². The molecular weight excluding hydrogens is 447 g/mol. The van der Waals surface area contributed by atoms with Crippen molar-refractivity contribution in [2.75, 3.05) is 11.4 Å². The highest BCUT2D eigenvalue weighted by atomic mass is 35.5. The van der Waals surface area contributed by atoms with Crippen LogP contribution in [-0.4, -0.2) is 46.0 Å². The molecule has 0 radical (unpaired) electrons. The number of ether oxygens (including phenoxy) is 2. The van der Waals surface area contributed by atoms with E-state index in [1.165, 1.54) is 17.0 Å². The van der Waals surface area contributed by atoms with Gasteiger partial charge in [-0.05, 0) is 65.3 Å². The molecule has 0 atom stereocenters. The highest BCUT2D eigenvalue weighted by Crippen LogP contribution is 2.37. The second-order valence-electron chi connectivity index (χ2n) is 9.05. The predicted molar refractivity (Wildman–Crippen MR) is 117 cm³/mol. The van der Waals surface area contributed by atoms with Crippen LogP contribution in [0.4, 0.5) is 15.3 Å². The lowest BCUT2D eigenvalue weighted by atomic mass is 10.1. The molecule has 2 rings (SSSR count). The van der Waals surface area contributed by atoms with Gasteiger partial charge in [-0.2, -0.15) is 4.90 Å². The van der Waals surface area contributed by atoms with Crippen molar-refractivity contribution in [1.82, 2.24) is 4.90 Å². The standard InChI is InChI=1S/C21H26Cl2N2O6/c1-20(2,3)30-18(28)25(19(29)31-21(4,5)6)14-8-7-13(22)12-11-24(10-9-15(23)26)17(27)16(12)14/h7-8H,9-11H2,1-6H3. The maximum Gasteiger partial charge on any atom is 0.424 e. The van der Waals surface area contributed by atoms with E-state index in [2.05, 4.69) is 0 Å². The summed E-state index contributed by atoms with van der Waals surface area (Å²) in [5.74, 6) is -0.484. The first-order valence-electron chi connectivity index (χ1n) is 9.66. The first kappa shape index (κ1) is 24.9. The van der Waals surface area contributed by atoms with Crippen LogP contribution in [0, 0.1) is 0 Å². The summed E-state index contributed by atoms with van der Waals surface area (Å²) in [6.07, 6.45) is -2.03. The number of hydrogen-bond donors (Lipinski definition) is 0. The number of anilines is 1. The molecule has 3 amide bonds. The molecule has 0 aromatic heterocycles. The molecule has 1 aromatic rings. The van der Waals surface area contributed by atoms with Crippen molar-refractivity contribution in [2.45, 2.75) is 65.7 Å². The van der Waals surface area contributed by atoms with Gasteiger partial charge in [0.15, 0.2) is 0 Å². The summed E-state index contributed by atoms with van der Waals surface area (Å²) in [5.41, 5.74) is -1.30. The van der Waals surface area contributed by atoms with Crippen LogP contribution in [0.25, 0.3) is 0 Å². The van der Waals surface area contributed by atoms with Crippen LogP contribution < -0.4 is 4.90 Å². The molecule has 10 heteroatoms. The number of nitrogens with zero attached hydrogens (tertiary/aromatic N) is 2. The Balaban J connectivity index is 2.55. The SMILES string of the molecule is CC(C)(C)OC(=O)N(C(=O)OC(C)(C)C)c1ccc(Cl)c2c1C(=O)N(CCC(=O)Cl)C2. The second-order valence-corrected chi connectivity index (χ2v) is 9.88. The maximum atomic E-state index is 13.1. The number of halogens is 2. The van der Waals surface area contributed by atoms with E-state index in [1.54, 1.807) is 41.5 Å². The minimum Gasteiger partial charge on any atom is -0.443 e. The number of benzene rings is 1. The number of imide groups is 1. The maximum absolute atomic E-state index is 13.1. The summed E-state index contributed by atoms with van der Waals surface area (Å²) in [7, 11) is 0. The van der Waals surface area contributed by atoms with Crippen LogP contribution in [0.2, 0.25) is 5.02 Å². The Morgan fingerprint density at radius 2 is 1.55 bits per heavy atom. The predicted octanol–water partition coefficient (Wildman–Crippen LogP) is 5.13. The lowest BCUT2D eigenvalue weighted by molar-refractivity contribution is -0.111. The molecule has 170 valence electrons. The fourth-order valence-corrected chi connectivity index (χ4v) is 3.20. The summed E-state index contributed by atoms with van der Waals surface area (Å²) in [6, 6.07) is 2.88. The Morgan fingerprint density at radius 1 is 1.03 bits per heavy atom. The fourth-order valence-electron chi connectivity index (χ4n) is 2.90. The number of carbonyl (C=O) groups excluding carboxylic acids is 4. The second kappa shape index (κ2) is 9.04. The zero-order valence-corrected chi connectivity index (χ0v) is 19.9. The van der Waals surface area contributed by atoms with Crippen molar-refractivity contribution < 1.29 is 28.7 Å². The highest BCUT2D eigenvalue weighted by Gasteiger charge is 2.39. The van der Waals surface area contributed by atoms with Gasteiger partial charge in [0, 0.05) is 30.1 Å². The van der Waals surface area contributed by atoms with E-state index < -0.39 is 34.5 Å². The van der Waals surface area contributed by atoms with E-state index in [0.717, 1.165) is 0 Å². The lowest BCUT2D eigenvalue weighted by Crippen LogP contribution is -2.44. The van der Waals surface area contributed by atoms with Gasteiger partial charge in [0.05, 0.1) is 11.3 Å². The Morgan fingerprint density at radius 3 is 2.00 bits per heavy atom. The quantitative estimate of drug-likeness (QED) is 0.563. The third-order valence-corrected chi connectivity index (χ3v) is 4.60. The minimum atomic E-state index is -0.992. The first-order chi connectivity index (χ1) is 14.1.